The summed E-state index contributed by atoms with van der Waals surface area (Å²) in [6, 6.07) is 11.5. The van der Waals surface area contributed by atoms with Gasteiger partial charge in [-0.1, -0.05) is 12.1 Å². The third kappa shape index (κ3) is 5.36. The van der Waals surface area contributed by atoms with Gasteiger partial charge < -0.3 is 15.0 Å². The second kappa shape index (κ2) is 8.78. The minimum atomic E-state index is -0.204. The number of nitrogens with zero attached hydrogens (tertiary/aromatic N) is 3. The molecular formula is C26H34N4O3. The average molecular weight is 451 g/mol. The molecule has 2 aromatic rings. The molecule has 7 nitrogen and oxygen atoms in total. The highest BCUT2D eigenvalue weighted by Gasteiger charge is 2.42. The van der Waals surface area contributed by atoms with Crippen molar-refractivity contribution in [1.82, 2.24) is 15.2 Å². The minimum Gasteiger partial charge on any atom is -0.482 e. The van der Waals surface area contributed by atoms with Crippen molar-refractivity contribution < 1.29 is 14.3 Å². The van der Waals surface area contributed by atoms with E-state index in [1.165, 1.54) is 0 Å². The summed E-state index contributed by atoms with van der Waals surface area (Å²) in [6.07, 6.45) is 3.39. The predicted molar refractivity (Wildman–Crippen MR) is 128 cm³/mol. The number of aryl methyl sites for hydroxylation is 1. The summed E-state index contributed by atoms with van der Waals surface area (Å²) < 4.78 is 5.60. The largest absolute Gasteiger partial charge is 0.482 e. The van der Waals surface area contributed by atoms with Crippen LogP contribution in [0.1, 0.15) is 51.8 Å². The first kappa shape index (κ1) is 23.2. The molecule has 7 heteroatoms. The number of pyridine rings is 1. The van der Waals surface area contributed by atoms with E-state index in [-0.39, 0.29) is 42.1 Å². The third-order valence-corrected chi connectivity index (χ3v) is 6.34. The van der Waals surface area contributed by atoms with Gasteiger partial charge in [0.25, 0.3) is 5.91 Å². The molecule has 1 aromatic heterocycles. The monoisotopic (exact) mass is 450 g/mol. The van der Waals surface area contributed by atoms with Crippen molar-refractivity contribution in [2.24, 2.45) is 0 Å². The van der Waals surface area contributed by atoms with E-state index in [0.717, 1.165) is 24.1 Å². The van der Waals surface area contributed by atoms with Crippen molar-refractivity contribution in [2.75, 3.05) is 18.1 Å². The number of piperidine rings is 1. The van der Waals surface area contributed by atoms with Crippen LogP contribution in [0.4, 0.5) is 5.69 Å². The van der Waals surface area contributed by atoms with E-state index in [1.807, 2.05) is 48.2 Å². The van der Waals surface area contributed by atoms with Crippen LogP contribution in [0.3, 0.4) is 0 Å². The number of ether oxygens (including phenoxy) is 1. The molecule has 4 rings (SSSR count). The third-order valence-electron chi connectivity index (χ3n) is 6.34. The van der Waals surface area contributed by atoms with Crippen LogP contribution < -0.4 is 15.0 Å². The highest BCUT2D eigenvalue weighted by molar-refractivity contribution is 6.02. The Kier molecular flexibility index (Phi) is 6.18. The standard InChI is InChI=1S/C26H34N4O3/c1-18-9-10-22-21(12-18)30(24(32)17-33-22)16-23(31)29(15-19-8-6-7-11-27-19)20-13-25(2,3)28-26(4,5)14-20/h6-12,20,28H,13-17H2,1-5H3. The van der Waals surface area contributed by atoms with Crippen LogP contribution in [0.2, 0.25) is 0 Å². The first-order chi connectivity index (χ1) is 15.5. The van der Waals surface area contributed by atoms with Crippen molar-refractivity contribution in [1.29, 1.82) is 0 Å². The molecule has 2 aliphatic rings. The topological polar surface area (TPSA) is 74.8 Å². The molecular weight excluding hydrogens is 416 g/mol. The van der Waals surface area contributed by atoms with Crippen LogP contribution in [0.15, 0.2) is 42.6 Å². The van der Waals surface area contributed by atoms with E-state index in [2.05, 4.69) is 38.0 Å². The fraction of sp³-hybridized carbons (Fsp3) is 0.500. The lowest BCUT2D eigenvalue weighted by Gasteiger charge is -2.49. The van der Waals surface area contributed by atoms with Gasteiger partial charge in [-0.3, -0.25) is 19.5 Å². The van der Waals surface area contributed by atoms with E-state index in [4.69, 9.17) is 4.74 Å². The number of amides is 2. The zero-order valence-corrected chi connectivity index (χ0v) is 20.2. The van der Waals surface area contributed by atoms with Crippen molar-refractivity contribution in [2.45, 2.75) is 71.1 Å². The Hall–Kier alpha value is -2.93. The number of nitrogens with one attached hydrogen (secondary N) is 1. The zero-order chi connectivity index (χ0) is 23.8. The van der Waals surface area contributed by atoms with Gasteiger partial charge in [0.2, 0.25) is 5.91 Å². The van der Waals surface area contributed by atoms with Gasteiger partial charge in [-0.05, 0) is 77.3 Å². The highest BCUT2D eigenvalue weighted by atomic mass is 16.5. The molecule has 1 aromatic carbocycles. The summed E-state index contributed by atoms with van der Waals surface area (Å²) >= 11 is 0. The van der Waals surface area contributed by atoms with Gasteiger partial charge in [-0.15, -0.1) is 0 Å². The van der Waals surface area contributed by atoms with Gasteiger partial charge in [-0.2, -0.15) is 0 Å². The van der Waals surface area contributed by atoms with Crippen molar-refractivity contribution in [3.05, 3.63) is 53.9 Å². The second-order valence-corrected chi connectivity index (χ2v) is 10.5. The fourth-order valence-corrected chi connectivity index (χ4v) is 5.29. The van der Waals surface area contributed by atoms with Gasteiger partial charge in [0.1, 0.15) is 12.3 Å². The molecule has 0 saturated carbocycles. The van der Waals surface area contributed by atoms with Gasteiger partial charge in [-0.25, -0.2) is 0 Å². The fourth-order valence-electron chi connectivity index (χ4n) is 5.29. The molecule has 0 radical (unpaired) electrons. The minimum absolute atomic E-state index is 0.0176. The molecule has 176 valence electrons. The van der Waals surface area contributed by atoms with Crippen molar-refractivity contribution >= 4 is 17.5 Å². The summed E-state index contributed by atoms with van der Waals surface area (Å²) in [5, 5.41) is 3.69. The molecule has 1 fully saturated rings. The van der Waals surface area contributed by atoms with Crippen LogP contribution in [-0.4, -0.2) is 52.0 Å². The molecule has 0 bridgehead atoms. The van der Waals surface area contributed by atoms with E-state index in [9.17, 15) is 9.59 Å². The smallest absolute Gasteiger partial charge is 0.265 e. The Morgan fingerprint density at radius 3 is 2.58 bits per heavy atom. The molecule has 0 spiro atoms. The van der Waals surface area contributed by atoms with Crippen LogP contribution >= 0.6 is 0 Å². The molecule has 0 aliphatic carbocycles. The number of anilines is 1. The number of benzene rings is 1. The number of hydrogen-bond acceptors (Lipinski definition) is 5. The van der Waals surface area contributed by atoms with E-state index in [1.54, 1.807) is 11.1 Å². The molecule has 1 N–H and O–H groups in total. The van der Waals surface area contributed by atoms with Crippen LogP contribution in [-0.2, 0) is 16.1 Å². The van der Waals surface area contributed by atoms with E-state index >= 15 is 0 Å². The Labute approximate surface area is 196 Å². The normalized spacial score (nSPS) is 19.5. The van der Waals surface area contributed by atoms with Crippen molar-refractivity contribution in [3.63, 3.8) is 0 Å². The Bertz CT molecular complexity index is 1020. The highest BCUT2D eigenvalue weighted by Crippen LogP contribution is 2.35. The van der Waals surface area contributed by atoms with E-state index in [0.29, 0.717) is 18.0 Å². The first-order valence-electron chi connectivity index (χ1n) is 11.6. The lowest BCUT2D eigenvalue weighted by molar-refractivity contribution is -0.136. The number of rotatable bonds is 5. The summed E-state index contributed by atoms with van der Waals surface area (Å²) in [6.45, 7) is 11.0. The second-order valence-electron chi connectivity index (χ2n) is 10.5. The van der Waals surface area contributed by atoms with Gasteiger partial charge >= 0.3 is 0 Å². The van der Waals surface area contributed by atoms with Crippen molar-refractivity contribution in [3.8, 4) is 5.75 Å². The Balaban J connectivity index is 1.64. The number of carbonyl (C=O) groups is 2. The summed E-state index contributed by atoms with van der Waals surface area (Å²) in [7, 11) is 0. The SMILES string of the molecule is Cc1ccc2c(c1)N(CC(=O)N(Cc1ccccn1)C1CC(C)(C)NC(C)(C)C1)C(=O)CO2. The van der Waals surface area contributed by atoms with Crippen LogP contribution in [0.25, 0.3) is 0 Å². The molecule has 2 aliphatic heterocycles. The maximum atomic E-state index is 13.8. The van der Waals surface area contributed by atoms with Gasteiger partial charge in [0.05, 0.1) is 17.9 Å². The Morgan fingerprint density at radius 2 is 1.91 bits per heavy atom. The zero-order valence-electron chi connectivity index (χ0n) is 20.2. The quantitative estimate of drug-likeness (QED) is 0.755. The first-order valence-corrected chi connectivity index (χ1v) is 11.6. The number of fused-ring (bicyclic) bond motifs is 1. The number of carbonyl (C=O) groups excluding carboxylic acids is 2. The maximum absolute atomic E-state index is 13.8. The summed E-state index contributed by atoms with van der Waals surface area (Å²) in [5.74, 6) is 0.348. The predicted octanol–water partition coefficient (Wildman–Crippen LogP) is 3.45. The lowest BCUT2D eigenvalue weighted by atomic mass is 9.79. The molecule has 1 saturated heterocycles. The van der Waals surface area contributed by atoms with Crippen LogP contribution in [0.5, 0.6) is 5.75 Å². The molecule has 0 atom stereocenters. The van der Waals surface area contributed by atoms with E-state index < -0.39 is 0 Å². The summed E-state index contributed by atoms with van der Waals surface area (Å²) in [5.41, 5.74) is 2.27. The van der Waals surface area contributed by atoms with Gasteiger partial charge in [0, 0.05) is 23.3 Å². The van der Waals surface area contributed by atoms with Crippen LogP contribution in [0, 0.1) is 6.92 Å². The lowest BCUT2D eigenvalue weighted by Crippen LogP contribution is -2.63. The average Bonchev–Trinajstić information content (AvgIpc) is 2.72. The number of hydrogen-bond donors (Lipinski definition) is 1. The number of aromatic nitrogens is 1. The molecule has 2 amide bonds. The maximum Gasteiger partial charge on any atom is 0.265 e. The molecule has 3 heterocycles. The van der Waals surface area contributed by atoms with Gasteiger partial charge in [0.15, 0.2) is 6.61 Å². The molecule has 0 unspecified atom stereocenters. The Morgan fingerprint density at radius 1 is 1.18 bits per heavy atom. The summed E-state index contributed by atoms with van der Waals surface area (Å²) in [4.78, 5) is 34.6. The molecule has 33 heavy (non-hydrogen) atoms.